The van der Waals surface area contributed by atoms with Crippen LogP contribution in [0.5, 0.6) is 0 Å². The number of rotatable bonds is 5. The summed E-state index contributed by atoms with van der Waals surface area (Å²) in [4.78, 5) is 55.2. The van der Waals surface area contributed by atoms with Crippen molar-refractivity contribution in [2.45, 2.75) is 38.8 Å². The Bertz CT molecular complexity index is 1010. The number of halogens is 1. The summed E-state index contributed by atoms with van der Waals surface area (Å²) in [6.07, 6.45) is -0.898. The predicted molar refractivity (Wildman–Crippen MR) is 111 cm³/mol. The molecule has 1 N–H and O–H groups in total. The van der Waals surface area contributed by atoms with Gasteiger partial charge in [0.1, 0.15) is 11.6 Å². The molecular weight excluding hydrogens is 424 g/mol. The largest absolute Gasteiger partial charge is 0.444 e. The first-order chi connectivity index (χ1) is 14.6. The van der Waals surface area contributed by atoms with Crippen LogP contribution in [0.3, 0.4) is 0 Å². The van der Waals surface area contributed by atoms with E-state index in [1.807, 2.05) is 0 Å². The van der Waals surface area contributed by atoms with E-state index in [2.05, 4.69) is 5.32 Å². The fourth-order valence-electron chi connectivity index (χ4n) is 2.93. The number of nitrogens with zero attached hydrogens (tertiary/aromatic N) is 1. The summed E-state index contributed by atoms with van der Waals surface area (Å²) in [5.41, 5.74) is 0.0153. The molecule has 2 aromatic rings. The highest BCUT2D eigenvalue weighted by molar-refractivity contribution is 6.31. The lowest BCUT2D eigenvalue weighted by Gasteiger charge is -2.24. The predicted octanol–water partition coefficient (Wildman–Crippen LogP) is 3.53. The smallest absolute Gasteiger partial charge is 0.408 e. The lowest BCUT2D eigenvalue weighted by molar-refractivity contribution is -0.171. The number of hydrogen-bond acceptors (Lipinski definition) is 6. The number of hydroxylamine groups is 2. The molecule has 0 fully saturated rings. The highest BCUT2D eigenvalue weighted by atomic mass is 35.5. The van der Waals surface area contributed by atoms with Gasteiger partial charge >= 0.3 is 12.1 Å². The number of ether oxygens (including phenoxy) is 1. The fraction of sp³-hybridized carbons (Fsp3) is 0.273. The molecule has 0 aromatic heterocycles. The van der Waals surface area contributed by atoms with E-state index >= 15 is 0 Å². The summed E-state index contributed by atoms with van der Waals surface area (Å²) in [5.74, 6) is -2.54. The van der Waals surface area contributed by atoms with Crippen LogP contribution in [0.1, 0.15) is 47.1 Å². The molecule has 0 radical (unpaired) electrons. The number of carbonyl (C=O) groups is 4. The first kappa shape index (κ1) is 22.3. The summed E-state index contributed by atoms with van der Waals surface area (Å²) >= 11 is 6.18. The molecule has 0 spiro atoms. The topological polar surface area (TPSA) is 102 Å². The molecule has 9 heteroatoms. The number of amides is 3. The summed E-state index contributed by atoms with van der Waals surface area (Å²) < 4.78 is 5.21. The van der Waals surface area contributed by atoms with Crippen LogP contribution in [0, 0.1) is 0 Å². The summed E-state index contributed by atoms with van der Waals surface area (Å²) in [6, 6.07) is 11.6. The number of alkyl carbamates (subject to hydrolysis) is 1. The molecule has 1 unspecified atom stereocenters. The van der Waals surface area contributed by atoms with E-state index in [1.165, 1.54) is 12.1 Å². The van der Waals surface area contributed by atoms with Crippen molar-refractivity contribution >= 4 is 35.5 Å². The van der Waals surface area contributed by atoms with Crippen molar-refractivity contribution in [2.24, 2.45) is 0 Å². The SMILES string of the molecule is CC(C)(C)OC(=O)NC(Cc1ccccc1Cl)C(=O)ON1C(=O)c2ccccc2C1=O. The molecule has 1 heterocycles. The van der Waals surface area contributed by atoms with E-state index in [0.717, 1.165) is 0 Å². The second kappa shape index (κ2) is 8.77. The average Bonchev–Trinajstić information content (AvgIpc) is 2.93. The van der Waals surface area contributed by atoms with Gasteiger partial charge in [0.05, 0.1) is 11.1 Å². The molecule has 0 saturated carbocycles. The molecule has 0 aliphatic carbocycles. The van der Waals surface area contributed by atoms with Crippen molar-refractivity contribution < 1.29 is 28.8 Å². The number of hydrogen-bond donors (Lipinski definition) is 1. The van der Waals surface area contributed by atoms with Gasteiger partial charge in [0.2, 0.25) is 0 Å². The maximum Gasteiger partial charge on any atom is 0.408 e. The number of carbonyl (C=O) groups excluding carboxylic acids is 4. The molecule has 1 aliphatic rings. The van der Waals surface area contributed by atoms with Gasteiger partial charge in [-0.2, -0.15) is 0 Å². The lowest BCUT2D eigenvalue weighted by Crippen LogP contribution is -2.48. The van der Waals surface area contributed by atoms with Crippen molar-refractivity contribution in [3.05, 3.63) is 70.2 Å². The molecule has 1 atom stereocenters. The van der Waals surface area contributed by atoms with Gasteiger partial charge in [-0.3, -0.25) is 9.59 Å². The molecule has 3 amide bonds. The van der Waals surface area contributed by atoms with Gasteiger partial charge in [0.15, 0.2) is 0 Å². The van der Waals surface area contributed by atoms with Gasteiger partial charge in [0, 0.05) is 11.4 Å². The third-order valence-corrected chi connectivity index (χ3v) is 4.66. The van der Waals surface area contributed by atoms with Gasteiger partial charge in [-0.25, -0.2) is 9.59 Å². The van der Waals surface area contributed by atoms with Crippen molar-refractivity contribution in [2.75, 3.05) is 0 Å². The zero-order chi connectivity index (χ0) is 22.8. The number of nitrogens with one attached hydrogen (secondary N) is 1. The van der Waals surface area contributed by atoms with Crippen LogP contribution >= 0.6 is 11.6 Å². The monoisotopic (exact) mass is 444 g/mol. The highest BCUT2D eigenvalue weighted by Crippen LogP contribution is 2.24. The number of fused-ring (bicyclic) bond motifs is 1. The molecule has 0 saturated heterocycles. The van der Waals surface area contributed by atoms with Crippen molar-refractivity contribution in [3.8, 4) is 0 Å². The summed E-state index contributed by atoms with van der Waals surface area (Å²) in [5, 5.41) is 3.20. The molecular formula is C22H21ClN2O6. The average molecular weight is 445 g/mol. The minimum absolute atomic E-state index is 0.0408. The van der Waals surface area contributed by atoms with Crippen LogP contribution in [-0.2, 0) is 20.8 Å². The third-order valence-electron chi connectivity index (χ3n) is 4.30. The van der Waals surface area contributed by atoms with Crippen LogP contribution in [0.4, 0.5) is 4.79 Å². The molecule has 2 aromatic carbocycles. The molecule has 8 nitrogen and oxygen atoms in total. The fourth-order valence-corrected chi connectivity index (χ4v) is 3.14. The first-order valence-electron chi connectivity index (χ1n) is 9.49. The second-order valence-electron chi connectivity index (χ2n) is 7.85. The Morgan fingerprint density at radius 3 is 2.10 bits per heavy atom. The van der Waals surface area contributed by atoms with Crippen molar-refractivity contribution in [1.82, 2.24) is 10.4 Å². The Labute approximate surface area is 184 Å². The van der Waals surface area contributed by atoms with Gasteiger partial charge in [0.25, 0.3) is 11.8 Å². The molecule has 31 heavy (non-hydrogen) atoms. The van der Waals surface area contributed by atoms with Crippen molar-refractivity contribution in [1.29, 1.82) is 0 Å². The Morgan fingerprint density at radius 2 is 1.55 bits per heavy atom. The number of benzene rings is 2. The second-order valence-corrected chi connectivity index (χ2v) is 8.26. The molecule has 1 aliphatic heterocycles. The van der Waals surface area contributed by atoms with Crippen LogP contribution in [0.25, 0.3) is 0 Å². The van der Waals surface area contributed by atoms with E-state index in [4.69, 9.17) is 21.2 Å². The van der Waals surface area contributed by atoms with Crippen LogP contribution < -0.4 is 5.32 Å². The Balaban J connectivity index is 1.80. The Hall–Kier alpha value is -3.39. The molecule has 0 bridgehead atoms. The van der Waals surface area contributed by atoms with E-state index < -0.39 is 35.5 Å². The minimum atomic E-state index is -1.26. The minimum Gasteiger partial charge on any atom is -0.444 e. The maximum atomic E-state index is 12.9. The zero-order valence-electron chi connectivity index (χ0n) is 17.2. The molecule has 162 valence electrons. The quantitative estimate of drug-likeness (QED) is 0.708. The van der Waals surface area contributed by atoms with E-state index in [0.29, 0.717) is 15.6 Å². The van der Waals surface area contributed by atoms with Crippen LogP contribution in [0.2, 0.25) is 5.02 Å². The Morgan fingerprint density at radius 1 is 1.00 bits per heavy atom. The molecule has 3 rings (SSSR count). The standard InChI is InChI=1S/C22H21ClN2O6/c1-22(2,3)30-21(29)24-17(12-13-8-4-7-11-16(13)23)20(28)31-25-18(26)14-9-5-6-10-15(14)19(25)27/h4-11,17H,12H2,1-3H3,(H,24,29). The van der Waals surface area contributed by atoms with Crippen LogP contribution in [0.15, 0.2) is 48.5 Å². The number of imide groups is 1. The van der Waals surface area contributed by atoms with E-state index in [9.17, 15) is 19.2 Å². The zero-order valence-corrected chi connectivity index (χ0v) is 17.9. The van der Waals surface area contributed by atoms with Crippen molar-refractivity contribution in [3.63, 3.8) is 0 Å². The normalized spacial score (nSPS) is 14.1. The van der Waals surface area contributed by atoms with Gasteiger partial charge in [-0.15, -0.1) is 0 Å². The third kappa shape index (κ3) is 5.21. The summed E-state index contributed by atoms with van der Waals surface area (Å²) in [6.45, 7) is 5.02. The Kier molecular flexibility index (Phi) is 6.31. The maximum absolute atomic E-state index is 12.9. The lowest BCUT2D eigenvalue weighted by atomic mass is 10.1. The highest BCUT2D eigenvalue weighted by Gasteiger charge is 2.40. The van der Waals surface area contributed by atoms with Gasteiger partial charge in [-0.05, 0) is 44.5 Å². The van der Waals surface area contributed by atoms with Crippen LogP contribution in [-0.4, -0.2) is 40.6 Å². The first-order valence-corrected chi connectivity index (χ1v) is 9.87. The summed E-state index contributed by atoms with van der Waals surface area (Å²) in [7, 11) is 0. The van der Waals surface area contributed by atoms with E-state index in [1.54, 1.807) is 57.2 Å². The van der Waals surface area contributed by atoms with Gasteiger partial charge in [-0.1, -0.05) is 47.0 Å². The van der Waals surface area contributed by atoms with Gasteiger partial charge < -0.3 is 14.9 Å². The van der Waals surface area contributed by atoms with E-state index in [-0.39, 0.29) is 17.5 Å².